The third-order valence-corrected chi connectivity index (χ3v) is 5.44. The number of carbonyl (C=O) groups excluding carboxylic acids is 2. The van der Waals surface area contributed by atoms with Gasteiger partial charge in [0.15, 0.2) is 5.82 Å². The lowest BCUT2D eigenvalue weighted by Crippen LogP contribution is -2.39. The third-order valence-electron chi connectivity index (χ3n) is 3.95. The summed E-state index contributed by atoms with van der Waals surface area (Å²) in [7, 11) is 0. The maximum atomic E-state index is 12.0. The molecule has 3 rings (SSSR count). The summed E-state index contributed by atoms with van der Waals surface area (Å²) in [6.45, 7) is 0.334. The van der Waals surface area contributed by atoms with Gasteiger partial charge in [-0.3, -0.25) is 10.1 Å². The third kappa shape index (κ3) is 5.88. The van der Waals surface area contributed by atoms with Crippen molar-refractivity contribution < 1.29 is 9.59 Å². The topological polar surface area (TPSA) is 115 Å². The van der Waals surface area contributed by atoms with Gasteiger partial charge < -0.3 is 11.2 Å². The van der Waals surface area contributed by atoms with E-state index in [2.05, 4.69) is 20.8 Å². The Balaban J connectivity index is 1.46. The molecule has 1 aromatic heterocycles. The lowest BCUT2D eigenvalue weighted by Gasteiger charge is -2.07. The van der Waals surface area contributed by atoms with Crippen LogP contribution in [0.3, 0.4) is 0 Å². The van der Waals surface area contributed by atoms with E-state index in [1.807, 2.05) is 30.3 Å². The van der Waals surface area contributed by atoms with E-state index >= 15 is 0 Å². The zero-order valence-corrected chi connectivity index (χ0v) is 18.0. The summed E-state index contributed by atoms with van der Waals surface area (Å²) in [5.74, 6) is 6.39. The Labute approximate surface area is 187 Å². The number of rotatable bonds is 7. The number of hydrogen-bond donors (Lipinski definition) is 3. The van der Waals surface area contributed by atoms with Crippen molar-refractivity contribution in [1.82, 2.24) is 25.5 Å². The molecule has 3 amide bonds. The van der Waals surface area contributed by atoms with Crippen LogP contribution in [0.1, 0.15) is 12.0 Å². The molecule has 2 aromatic carbocycles. The second-order valence-electron chi connectivity index (χ2n) is 6.12. The molecule has 0 atom stereocenters. The summed E-state index contributed by atoms with van der Waals surface area (Å²) in [5.41, 5.74) is 1.53. The van der Waals surface area contributed by atoms with E-state index in [1.54, 1.807) is 18.2 Å². The SMILES string of the molecule is Nn1c(SCCC(=O)NC(=O)NCc2ccccc2)nnc1-c1ccc(Cl)cc1Cl. The molecule has 156 valence electrons. The minimum atomic E-state index is -0.546. The highest BCUT2D eigenvalue weighted by Crippen LogP contribution is 2.30. The first-order valence-electron chi connectivity index (χ1n) is 8.84. The molecule has 0 radical (unpaired) electrons. The molecule has 0 aliphatic rings. The summed E-state index contributed by atoms with van der Waals surface area (Å²) in [4.78, 5) is 23.8. The quantitative estimate of drug-likeness (QED) is 0.364. The number of benzene rings is 2. The average Bonchev–Trinajstić information content (AvgIpc) is 3.07. The van der Waals surface area contributed by atoms with Crippen LogP contribution < -0.4 is 16.5 Å². The van der Waals surface area contributed by atoms with Crippen molar-refractivity contribution in [3.63, 3.8) is 0 Å². The average molecular weight is 465 g/mol. The van der Waals surface area contributed by atoms with E-state index in [1.165, 1.54) is 16.4 Å². The highest BCUT2D eigenvalue weighted by Gasteiger charge is 2.16. The highest BCUT2D eigenvalue weighted by atomic mass is 35.5. The molecule has 11 heteroatoms. The number of nitrogen functional groups attached to an aromatic ring is 1. The normalized spacial score (nSPS) is 10.6. The number of nitrogens with one attached hydrogen (secondary N) is 2. The maximum absolute atomic E-state index is 12.0. The number of carbonyl (C=O) groups is 2. The zero-order valence-electron chi connectivity index (χ0n) is 15.6. The highest BCUT2D eigenvalue weighted by molar-refractivity contribution is 7.99. The van der Waals surface area contributed by atoms with Gasteiger partial charge in [0.05, 0.1) is 5.02 Å². The number of nitrogens with two attached hydrogens (primary N) is 1. The van der Waals surface area contributed by atoms with E-state index in [9.17, 15) is 9.59 Å². The zero-order chi connectivity index (χ0) is 21.5. The fourth-order valence-corrected chi connectivity index (χ4v) is 3.76. The van der Waals surface area contributed by atoms with Gasteiger partial charge in [-0.1, -0.05) is 65.3 Å². The molecule has 0 saturated carbocycles. The van der Waals surface area contributed by atoms with Crippen molar-refractivity contribution in [2.24, 2.45) is 0 Å². The van der Waals surface area contributed by atoms with E-state index in [4.69, 9.17) is 29.0 Å². The Bertz CT molecular complexity index is 1040. The second kappa shape index (κ2) is 10.3. The van der Waals surface area contributed by atoms with Crippen LogP contribution in [0.4, 0.5) is 4.79 Å². The predicted octanol–water partition coefficient (Wildman–Crippen LogP) is 3.47. The van der Waals surface area contributed by atoms with E-state index < -0.39 is 11.9 Å². The largest absolute Gasteiger partial charge is 0.335 e. The number of aromatic nitrogens is 3. The predicted molar refractivity (Wildman–Crippen MR) is 118 cm³/mol. The van der Waals surface area contributed by atoms with Crippen LogP contribution in [0, 0.1) is 0 Å². The van der Waals surface area contributed by atoms with Crippen LogP contribution in [0.25, 0.3) is 11.4 Å². The molecule has 0 aliphatic heterocycles. The van der Waals surface area contributed by atoms with Gasteiger partial charge in [0.1, 0.15) is 0 Å². The first kappa shape index (κ1) is 21.9. The van der Waals surface area contributed by atoms with Crippen molar-refractivity contribution in [2.45, 2.75) is 18.1 Å². The summed E-state index contributed by atoms with van der Waals surface area (Å²) >= 11 is 13.3. The number of hydrogen-bond acceptors (Lipinski definition) is 6. The molecule has 0 unspecified atom stereocenters. The molecule has 0 bridgehead atoms. The van der Waals surface area contributed by atoms with Crippen molar-refractivity contribution in [3.05, 3.63) is 64.1 Å². The fourth-order valence-electron chi connectivity index (χ4n) is 2.48. The molecule has 0 spiro atoms. The monoisotopic (exact) mass is 464 g/mol. The fraction of sp³-hybridized carbons (Fsp3) is 0.158. The Hall–Kier alpha value is -2.75. The van der Waals surface area contributed by atoms with Crippen LogP contribution in [0.15, 0.2) is 53.7 Å². The molecule has 0 fully saturated rings. The Morgan fingerprint density at radius 3 is 2.60 bits per heavy atom. The van der Waals surface area contributed by atoms with Crippen molar-refractivity contribution in [3.8, 4) is 11.4 Å². The number of imide groups is 1. The van der Waals surface area contributed by atoms with Crippen LogP contribution >= 0.6 is 35.0 Å². The van der Waals surface area contributed by atoms with Crippen LogP contribution in [-0.2, 0) is 11.3 Å². The number of nitrogens with zero attached hydrogens (tertiary/aromatic N) is 3. The van der Waals surface area contributed by atoms with Gasteiger partial charge in [-0.2, -0.15) is 0 Å². The molecule has 1 heterocycles. The molecule has 8 nitrogen and oxygen atoms in total. The summed E-state index contributed by atoms with van der Waals surface area (Å²) in [6, 6.07) is 13.8. The first-order chi connectivity index (χ1) is 14.4. The number of urea groups is 1. The second-order valence-corrected chi connectivity index (χ2v) is 8.02. The summed E-state index contributed by atoms with van der Waals surface area (Å²) in [6.07, 6.45) is 0.104. The van der Waals surface area contributed by atoms with E-state index in [-0.39, 0.29) is 6.42 Å². The Morgan fingerprint density at radius 2 is 1.87 bits per heavy atom. The van der Waals surface area contributed by atoms with Gasteiger partial charge in [-0.25, -0.2) is 9.47 Å². The standard InChI is InChI=1S/C19H18Cl2N6O2S/c20-13-6-7-14(15(21)10-13)17-25-26-19(27(17)22)30-9-8-16(28)24-18(29)23-11-12-4-2-1-3-5-12/h1-7,10H,8-9,11,22H2,(H2,23,24,28,29). The minimum Gasteiger partial charge on any atom is -0.335 e. The van der Waals surface area contributed by atoms with Gasteiger partial charge in [0, 0.05) is 29.3 Å². The first-order valence-corrected chi connectivity index (χ1v) is 10.6. The number of halogens is 2. The number of thioether (sulfide) groups is 1. The maximum Gasteiger partial charge on any atom is 0.321 e. The lowest BCUT2D eigenvalue weighted by molar-refractivity contribution is -0.119. The molecule has 4 N–H and O–H groups in total. The van der Waals surface area contributed by atoms with Crippen molar-refractivity contribution in [2.75, 3.05) is 11.6 Å². The summed E-state index contributed by atoms with van der Waals surface area (Å²) < 4.78 is 1.30. The van der Waals surface area contributed by atoms with E-state index in [0.29, 0.717) is 38.9 Å². The van der Waals surface area contributed by atoms with Crippen LogP contribution in [0.5, 0.6) is 0 Å². The van der Waals surface area contributed by atoms with E-state index in [0.717, 1.165) is 5.56 Å². The van der Waals surface area contributed by atoms with Gasteiger partial charge in [0.25, 0.3) is 0 Å². The van der Waals surface area contributed by atoms with Gasteiger partial charge in [-0.15, -0.1) is 10.2 Å². The lowest BCUT2D eigenvalue weighted by atomic mass is 10.2. The van der Waals surface area contributed by atoms with Crippen LogP contribution in [-0.4, -0.2) is 32.6 Å². The molecule has 0 saturated heterocycles. The number of amides is 3. The molecule has 3 aromatic rings. The summed E-state index contributed by atoms with van der Waals surface area (Å²) in [5, 5.41) is 14.3. The molecule has 0 aliphatic carbocycles. The van der Waals surface area contributed by atoms with Gasteiger partial charge in [-0.05, 0) is 23.8 Å². The molecular formula is C19H18Cl2N6O2S. The molecule has 30 heavy (non-hydrogen) atoms. The van der Waals surface area contributed by atoms with Crippen molar-refractivity contribution >= 4 is 46.9 Å². The Morgan fingerprint density at radius 1 is 1.10 bits per heavy atom. The Kier molecular flexibility index (Phi) is 7.56. The van der Waals surface area contributed by atoms with Gasteiger partial charge in [0.2, 0.25) is 11.1 Å². The van der Waals surface area contributed by atoms with Gasteiger partial charge >= 0.3 is 6.03 Å². The van der Waals surface area contributed by atoms with Crippen LogP contribution in [0.2, 0.25) is 10.0 Å². The smallest absolute Gasteiger partial charge is 0.321 e. The minimum absolute atomic E-state index is 0.104. The molecular weight excluding hydrogens is 447 g/mol. The van der Waals surface area contributed by atoms with Crippen molar-refractivity contribution in [1.29, 1.82) is 0 Å².